The lowest BCUT2D eigenvalue weighted by atomic mass is 10.2. The van der Waals surface area contributed by atoms with Crippen LogP contribution in [0.4, 0.5) is 4.79 Å². The number of morpholine rings is 1. The SMILES string of the molecule is CC(NC(=O)NCCN1CCOCC1)c1cc2ccccc2o1. The molecule has 0 saturated carbocycles. The van der Waals surface area contributed by atoms with Crippen molar-refractivity contribution < 1.29 is 13.9 Å². The van der Waals surface area contributed by atoms with Gasteiger partial charge in [0.25, 0.3) is 0 Å². The molecule has 1 atom stereocenters. The smallest absolute Gasteiger partial charge is 0.315 e. The molecule has 2 N–H and O–H groups in total. The average molecular weight is 317 g/mol. The maximum atomic E-state index is 12.0. The topological polar surface area (TPSA) is 66.7 Å². The standard InChI is InChI=1S/C17H23N3O3/c1-13(16-12-14-4-2-3-5-15(14)23-16)19-17(21)18-6-7-20-8-10-22-11-9-20/h2-5,12-13H,6-11H2,1H3,(H2,18,19,21). The van der Waals surface area contributed by atoms with E-state index < -0.39 is 0 Å². The molecule has 6 heteroatoms. The molecule has 3 rings (SSSR count). The molecule has 1 aliphatic rings. The third-order valence-electron chi connectivity index (χ3n) is 4.04. The van der Waals surface area contributed by atoms with E-state index in [1.807, 2.05) is 37.3 Å². The molecule has 2 aromatic rings. The van der Waals surface area contributed by atoms with E-state index in [2.05, 4.69) is 15.5 Å². The minimum absolute atomic E-state index is 0.175. The lowest BCUT2D eigenvalue weighted by molar-refractivity contribution is 0.0387. The van der Waals surface area contributed by atoms with Gasteiger partial charge in [-0.3, -0.25) is 4.90 Å². The van der Waals surface area contributed by atoms with E-state index >= 15 is 0 Å². The van der Waals surface area contributed by atoms with Crippen molar-refractivity contribution >= 4 is 17.0 Å². The fourth-order valence-corrected chi connectivity index (χ4v) is 2.69. The van der Waals surface area contributed by atoms with Gasteiger partial charge < -0.3 is 19.8 Å². The summed E-state index contributed by atoms with van der Waals surface area (Å²) in [5.41, 5.74) is 0.837. The molecule has 6 nitrogen and oxygen atoms in total. The number of nitrogens with one attached hydrogen (secondary N) is 2. The molecule has 1 fully saturated rings. The summed E-state index contributed by atoms with van der Waals surface area (Å²) >= 11 is 0. The summed E-state index contributed by atoms with van der Waals surface area (Å²) in [5.74, 6) is 0.759. The number of amides is 2. The summed E-state index contributed by atoms with van der Waals surface area (Å²) in [6.45, 7) is 6.79. The minimum Gasteiger partial charge on any atom is -0.459 e. The lowest BCUT2D eigenvalue weighted by Gasteiger charge is -2.26. The van der Waals surface area contributed by atoms with E-state index in [1.165, 1.54) is 0 Å². The van der Waals surface area contributed by atoms with Gasteiger partial charge in [-0.2, -0.15) is 0 Å². The third-order valence-corrected chi connectivity index (χ3v) is 4.04. The molecule has 0 radical (unpaired) electrons. The van der Waals surface area contributed by atoms with Gasteiger partial charge in [-0.15, -0.1) is 0 Å². The quantitative estimate of drug-likeness (QED) is 0.886. The highest BCUT2D eigenvalue weighted by Crippen LogP contribution is 2.23. The molecule has 0 spiro atoms. The first-order valence-electron chi connectivity index (χ1n) is 8.05. The number of fused-ring (bicyclic) bond motifs is 1. The Morgan fingerprint density at radius 1 is 1.30 bits per heavy atom. The normalized spacial score (nSPS) is 17.1. The van der Waals surface area contributed by atoms with Crippen LogP contribution in [-0.2, 0) is 4.74 Å². The predicted octanol–water partition coefficient (Wildman–Crippen LogP) is 2.13. The summed E-state index contributed by atoms with van der Waals surface area (Å²) in [6.07, 6.45) is 0. The molecule has 23 heavy (non-hydrogen) atoms. The fourth-order valence-electron chi connectivity index (χ4n) is 2.69. The van der Waals surface area contributed by atoms with Crippen molar-refractivity contribution in [3.8, 4) is 0 Å². The summed E-state index contributed by atoms with van der Waals surface area (Å²) in [7, 11) is 0. The number of hydrogen-bond acceptors (Lipinski definition) is 4. The van der Waals surface area contributed by atoms with E-state index in [1.54, 1.807) is 0 Å². The van der Waals surface area contributed by atoms with E-state index in [-0.39, 0.29) is 12.1 Å². The Morgan fingerprint density at radius 2 is 2.09 bits per heavy atom. The number of ether oxygens (including phenoxy) is 1. The second-order valence-electron chi connectivity index (χ2n) is 5.76. The van der Waals surface area contributed by atoms with Gasteiger partial charge >= 0.3 is 6.03 Å². The zero-order chi connectivity index (χ0) is 16.1. The molecule has 2 amide bonds. The van der Waals surface area contributed by atoms with Crippen molar-refractivity contribution in [2.24, 2.45) is 0 Å². The summed E-state index contributed by atoms with van der Waals surface area (Å²) in [5, 5.41) is 6.84. The summed E-state index contributed by atoms with van der Waals surface area (Å²) in [4.78, 5) is 14.3. The maximum absolute atomic E-state index is 12.0. The Morgan fingerprint density at radius 3 is 2.87 bits per heavy atom. The molecular formula is C17H23N3O3. The highest BCUT2D eigenvalue weighted by Gasteiger charge is 2.14. The van der Waals surface area contributed by atoms with Gasteiger partial charge in [-0.05, 0) is 19.1 Å². The molecule has 1 unspecified atom stereocenters. The summed E-state index contributed by atoms with van der Waals surface area (Å²) in [6, 6.07) is 9.45. The number of hydrogen-bond donors (Lipinski definition) is 2. The third kappa shape index (κ3) is 4.24. The molecule has 2 heterocycles. The first-order chi connectivity index (χ1) is 11.2. The molecular weight excluding hydrogens is 294 g/mol. The van der Waals surface area contributed by atoms with E-state index in [0.717, 1.165) is 49.6 Å². The highest BCUT2D eigenvalue weighted by atomic mass is 16.5. The second-order valence-corrected chi connectivity index (χ2v) is 5.76. The number of benzene rings is 1. The van der Waals surface area contributed by atoms with Crippen LogP contribution < -0.4 is 10.6 Å². The van der Waals surface area contributed by atoms with Crippen molar-refractivity contribution in [1.82, 2.24) is 15.5 Å². The number of para-hydroxylation sites is 1. The van der Waals surface area contributed by atoms with Crippen LogP contribution in [0, 0.1) is 0 Å². The summed E-state index contributed by atoms with van der Waals surface area (Å²) < 4.78 is 11.1. The highest BCUT2D eigenvalue weighted by molar-refractivity contribution is 5.78. The monoisotopic (exact) mass is 317 g/mol. The van der Waals surface area contributed by atoms with Gasteiger partial charge in [-0.25, -0.2) is 4.79 Å². The molecule has 1 saturated heterocycles. The predicted molar refractivity (Wildman–Crippen MR) is 88.4 cm³/mol. The molecule has 1 aromatic carbocycles. The lowest BCUT2D eigenvalue weighted by Crippen LogP contribution is -2.44. The Balaban J connectivity index is 1.45. The first kappa shape index (κ1) is 15.8. The van der Waals surface area contributed by atoms with Crippen LogP contribution in [-0.4, -0.2) is 50.3 Å². The number of nitrogens with zero attached hydrogens (tertiary/aromatic N) is 1. The molecule has 124 valence electrons. The molecule has 1 aliphatic heterocycles. The van der Waals surface area contributed by atoms with Gasteiger partial charge in [0, 0.05) is 31.6 Å². The van der Waals surface area contributed by atoms with Crippen molar-refractivity contribution in [2.45, 2.75) is 13.0 Å². The van der Waals surface area contributed by atoms with Gasteiger partial charge in [0.15, 0.2) is 0 Å². The molecule has 0 aliphatic carbocycles. The van der Waals surface area contributed by atoms with E-state index in [9.17, 15) is 4.79 Å². The largest absolute Gasteiger partial charge is 0.459 e. The van der Waals surface area contributed by atoms with Crippen LogP contribution in [0.2, 0.25) is 0 Å². The van der Waals surface area contributed by atoms with Crippen LogP contribution in [0.25, 0.3) is 11.0 Å². The number of rotatable bonds is 5. The van der Waals surface area contributed by atoms with Crippen LogP contribution >= 0.6 is 0 Å². The Labute approximate surface area is 135 Å². The molecule has 1 aromatic heterocycles. The van der Waals surface area contributed by atoms with Crippen LogP contribution in [0.1, 0.15) is 18.7 Å². The number of carbonyl (C=O) groups excluding carboxylic acids is 1. The van der Waals surface area contributed by atoms with Gasteiger partial charge in [0.2, 0.25) is 0 Å². The van der Waals surface area contributed by atoms with Gasteiger partial charge in [0.1, 0.15) is 11.3 Å². The Hall–Kier alpha value is -2.05. The van der Waals surface area contributed by atoms with Gasteiger partial charge in [-0.1, -0.05) is 18.2 Å². The number of urea groups is 1. The Bertz CT molecular complexity index is 616. The van der Waals surface area contributed by atoms with Crippen LogP contribution in [0.3, 0.4) is 0 Å². The first-order valence-corrected chi connectivity index (χ1v) is 8.05. The average Bonchev–Trinajstić information content (AvgIpc) is 3.00. The maximum Gasteiger partial charge on any atom is 0.315 e. The Kier molecular flexibility index (Phi) is 5.15. The van der Waals surface area contributed by atoms with Crippen molar-refractivity contribution in [1.29, 1.82) is 0 Å². The van der Waals surface area contributed by atoms with Crippen molar-refractivity contribution in [2.75, 3.05) is 39.4 Å². The van der Waals surface area contributed by atoms with Crippen LogP contribution in [0.15, 0.2) is 34.7 Å². The van der Waals surface area contributed by atoms with Crippen molar-refractivity contribution in [3.05, 3.63) is 36.1 Å². The van der Waals surface area contributed by atoms with E-state index in [0.29, 0.717) is 6.54 Å². The number of furan rings is 1. The zero-order valence-electron chi connectivity index (χ0n) is 13.4. The fraction of sp³-hybridized carbons (Fsp3) is 0.471. The zero-order valence-corrected chi connectivity index (χ0v) is 13.4. The molecule has 0 bridgehead atoms. The van der Waals surface area contributed by atoms with Crippen LogP contribution in [0.5, 0.6) is 0 Å². The van der Waals surface area contributed by atoms with Crippen molar-refractivity contribution in [3.63, 3.8) is 0 Å². The van der Waals surface area contributed by atoms with Gasteiger partial charge in [0.05, 0.1) is 19.3 Å². The minimum atomic E-state index is -0.175. The second kappa shape index (κ2) is 7.48. The van der Waals surface area contributed by atoms with E-state index in [4.69, 9.17) is 9.15 Å². The number of carbonyl (C=O) groups is 1.